The van der Waals surface area contributed by atoms with E-state index in [4.69, 9.17) is 0 Å². The van der Waals surface area contributed by atoms with E-state index >= 15 is 0 Å². The highest BCUT2D eigenvalue weighted by Crippen LogP contribution is 2.08. The molecule has 0 heterocycles. The molecule has 0 aromatic heterocycles. The van der Waals surface area contributed by atoms with Crippen molar-refractivity contribution in [2.45, 2.75) is 78.6 Å². The summed E-state index contributed by atoms with van der Waals surface area (Å²) >= 11 is 0. The summed E-state index contributed by atoms with van der Waals surface area (Å²) in [6.45, 7) is 6.32. The highest BCUT2D eigenvalue weighted by molar-refractivity contribution is 5.99. The van der Waals surface area contributed by atoms with E-state index in [9.17, 15) is 4.79 Å². The largest absolute Gasteiger partial charge is 0.273 e. The molecule has 0 spiro atoms. The van der Waals surface area contributed by atoms with E-state index in [1.165, 1.54) is 31.2 Å². The molecule has 1 aromatic carbocycles. The quantitative estimate of drug-likeness (QED) is 0.339. The number of nitrogens with zero attached hydrogens (tertiary/aromatic N) is 1. The number of unbranched alkanes of at least 4 members (excludes halogenated alkanes) is 5. The molecule has 0 bridgehead atoms. The lowest BCUT2D eigenvalue weighted by molar-refractivity contribution is -0.121. The minimum atomic E-state index is 0.0162. The predicted molar refractivity (Wildman–Crippen MR) is 98.8 cm³/mol. The van der Waals surface area contributed by atoms with Crippen LogP contribution in [0.2, 0.25) is 0 Å². The molecular formula is C20H32N2O. The molecule has 1 amide bonds. The summed E-state index contributed by atoms with van der Waals surface area (Å²) in [5.41, 5.74) is 5.93. The van der Waals surface area contributed by atoms with Crippen LogP contribution in [0.5, 0.6) is 0 Å². The van der Waals surface area contributed by atoms with Crippen molar-refractivity contribution < 1.29 is 4.79 Å². The highest BCUT2D eigenvalue weighted by atomic mass is 16.2. The van der Waals surface area contributed by atoms with Crippen LogP contribution < -0.4 is 5.43 Å². The molecule has 0 aliphatic rings. The molecule has 0 unspecified atom stereocenters. The average molecular weight is 316 g/mol. The van der Waals surface area contributed by atoms with Crippen molar-refractivity contribution in [3.05, 3.63) is 35.4 Å². The van der Waals surface area contributed by atoms with Gasteiger partial charge in [0.25, 0.3) is 0 Å². The van der Waals surface area contributed by atoms with Gasteiger partial charge in [-0.2, -0.15) is 5.10 Å². The highest BCUT2D eigenvalue weighted by Gasteiger charge is 2.02. The summed E-state index contributed by atoms with van der Waals surface area (Å²) in [6.07, 6.45) is 9.98. The Morgan fingerprint density at radius 3 is 2.26 bits per heavy atom. The molecule has 1 aromatic rings. The van der Waals surface area contributed by atoms with E-state index in [0.717, 1.165) is 37.0 Å². The maximum absolute atomic E-state index is 11.8. The van der Waals surface area contributed by atoms with Crippen molar-refractivity contribution >= 4 is 11.6 Å². The molecule has 1 N–H and O–H groups in total. The third-order valence-corrected chi connectivity index (χ3v) is 4.02. The van der Waals surface area contributed by atoms with Crippen molar-refractivity contribution in [2.75, 3.05) is 0 Å². The van der Waals surface area contributed by atoms with Crippen molar-refractivity contribution in [1.82, 2.24) is 5.43 Å². The van der Waals surface area contributed by atoms with Crippen molar-refractivity contribution in [3.8, 4) is 0 Å². The molecule has 0 fully saturated rings. The maximum Gasteiger partial charge on any atom is 0.240 e. The Labute approximate surface area is 141 Å². The number of hydrogen-bond donors (Lipinski definition) is 1. The first-order chi connectivity index (χ1) is 11.2. The number of hydrogen-bond acceptors (Lipinski definition) is 2. The number of nitrogens with one attached hydrogen (secondary N) is 1. The third kappa shape index (κ3) is 8.53. The van der Waals surface area contributed by atoms with Crippen LogP contribution in [0.1, 0.15) is 83.3 Å². The van der Waals surface area contributed by atoms with Crippen LogP contribution in [0.3, 0.4) is 0 Å². The molecule has 0 radical (unpaired) electrons. The first kappa shape index (κ1) is 19.4. The Morgan fingerprint density at radius 2 is 1.61 bits per heavy atom. The van der Waals surface area contributed by atoms with E-state index in [1.807, 2.05) is 6.92 Å². The fourth-order valence-electron chi connectivity index (χ4n) is 2.53. The average Bonchev–Trinajstić information content (AvgIpc) is 2.57. The van der Waals surface area contributed by atoms with Crippen LogP contribution in [-0.2, 0) is 11.2 Å². The number of aryl methyl sites for hydroxylation is 1. The van der Waals surface area contributed by atoms with Gasteiger partial charge < -0.3 is 0 Å². The van der Waals surface area contributed by atoms with Gasteiger partial charge in [-0.3, -0.25) is 4.79 Å². The number of hydrazone groups is 1. The maximum atomic E-state index is 11.8. The smallest absolute Gasteiger partial charge is 0.240 e. The van der Waals surface area contributed by atoms with E-state index in [2.05, 4.69) is 48.6 Å². The van der Waals surface area contributed by atoms with Gasteiger partial charge in [0.1, 0.15) is 0 Å². The van der Waals surface area contributed by atoms with Gasteiger partial charge in [0.2, 0.25) is 5.91 Å². The fourth-order valence-corrected chi connectivity index (χ4v) is 2.53. The second kappa shape index (κ2) is 11.9. The zero-order valence-electron chi connectivity index (χ0n) is 15.0. The van der Waals surface area contributed by atoms with Crippen LogP contribution in [0.4, 0.5) is 0 Å². The number of rotatable bonds is 11. The number of carbonyl (C=O) groups excluding carboxylic acids is 1. The van der Waals surface area contributed by atoms with Crippen LogP contribution in [0, 0.1) is 0 Å². The van der Waals surface area contributed by atoms with Gasteiger partial charge in [0, 0.05) is 6.42 Å². The summed E-state index contributed by atoms with van der Waals surface area (Å²) in [4.78, 5) is 11.8. The van der Waals surface area contributed by atoms with Gasteiger partial charge in [-0.05, 0) is 30.9 Å². The number of amides is 1. The summed E-state index contributed by atoms with van der Waals surface area (Å²) in [6, 6.07) is 8.42. The van der Waals surface area contributed by atoms with Gasteiger partial charge in [-0.15, -0.1) is 0 Å². The lowest BCUT2D eigenvalue weighted by atomic mass is 10.1. The van der Waals surface area contributed by atoms with Crippen LogP contribution in [-0.4, -0.2) is 11.6 Å². The van der Waals surface area contributed by atoms with Gasteiger partial charge >= 0.3 is 0 Å². The van der Waals surface area contributed by atoms with Crippen LogP contribution >= 0.6 is 0 Å². The third-order valence-electron chi connectivity index (χ3n) is 4.02. The molecule has 0 aliphatic heterocycles. The SMILES string of the molecule is CCCCCCCCC(=O)N/N=C(\C)c1ccc(CCC)cc1. The zero-order valence-corrected chi connectivity index (χ0v) is 15.0. The summed E-state index contributed by atoms with van der Waals surface area (Å²) in [5, 5.41) is 4.22. The van der Waals surface area contributed by atoms with Crippen molar-refractivity contribution in [2.24, 2.45) is 5.10 Å². The minimum absolute atomic E-state index is 0.0162. The lowest BCUT2D eigenvalue weighted by Gasteiger charge is -2.05. The van der Waals surface area contributed by atoms with Crippen molar-refractivity contribution in [3.63, 3.8) is 0 Å². The van der Waals surface area contributed by atoms with Gasteiger partial charge in [-0.1, -0.05) is 76.6 Å². The van der Waals surface area contributed by atoms with Gasteiger partial charge in [-0.25, -0.2) is 5.43 Å². The molecule has 0 saturated heterocycles. The molecular weight excluding hydrogens is 284 g/mol. The first-order valence-electron chi connectivity index (χ1n) is 9.09. The topological polar surface area (TPSA) is 41.5 Å². The Hall–Kier alpha value is -1.64. The molecule has 3 heteroatoms. The number of carbonyl (C=O) groups is 1. The fraction of sp³-hybridized carbons (Fsp3) is 0.600. The second-order valence-corrected chi connectivity index (χ2v) is 6.20. The molecule has 1 rings (SSSR count). The zero-order chi connectivity index (χ0) is 16.9. The summed E-state index contributed by atoms with van der Waals surface area (Å²) < 4.78 is 0. The van der Waals surface area contributed by atoms with Crippen molar-refractivity contribution in [1.29, 1.82) is 0 Å². The summed E-state index contributed by atoms with van der Waals surface area (Å²) in [5.74, 6) is 0.0162. The second-order valence-electron chi connectivity index (χ2n) is 6.20. The monoisotopic (exact) mass is 316 g/mol. The molecule has 128 valence electrons. The Kier molecular flexibility index (Phi) is 10.0. The minimum Gasteiger partial charge on any atom is -0.273 e. The Balaban J connectivity index is 2.30. The first-order valence-corrected chi connectivity index (χ1v) is 9.09. The van der Waals surface area contributed by atoms with Crippen LogP contribution in [0.15, 0.2) is 29.4 Å². The van der Waals surface area contributed by atoms with E-state index in [1.54, 1.807) is 0 Å². The molecule has 23 heavy (non-hydrogen) atoms. The van der Waals surface area contributed by atoms with Gasteiger partial charge in [0.05, 0.1) is 5.71 Å². The Bertz CT molecular complexity index is 477. The van der Waals surface area contributed by atoms with E-state index in [-0.39, 0.29) is 5.91 Å². The predicted octanol–water partition coefficient (Wildman–Crippen LogP) is 5.23. The molecule has 0 atom stereocenters. The Morgan fingerprint density at radius 1 is 0.957 bits per heavy atom. The van der Waals surface area contributed by atoms with E-state index in [0.29, 0.717) is 6.42 Å². The number of benzene rings is 1. The van der Waals surface area contributed by atoms with Gasteiger partial charge in [0.15, 0.2) is 0 Å². The standard InChI is InChI=1S/C20H32N2O/c1-4-6-7-8-9-10-12-20(23)22-21-17(3)19-15-13-18(11-5-2)14-16-19/h13-16H,4-12H2,1-3H3,(H,22,23)/b21-17+. The van der Waals surface area contributed by atoms with Crippen LogP contribution in [0.25, 0.3) is 0 Å². The molecule has 3 nitrogen and oxygen atoms in total. The summed E-state index contributed by atoms with van der Waals surface area (Å²) in [7, 11) is 0. The normalized spacial score (nSPS) is 11.5. The lowest BCUT2D eigenvalue weighted by Crippen LogP contribution is -2.18. The van der Waals surface area contributed by atoms with E-state index < -0.39 is 0 Å². The molecule has 0 saturated carbocycles. The molecule has 0 aliphatic carbocycles.